The Morgan fingerprint density at radius 1 is 1.06 bits per heavy atom. The Labute approximate surface area is 203 Å². The standard InChI is InChI=1S/C25H24F2N6.H2S/c1-30(2)20-7-8-31(14-20)19-4-6-23-17(9-19)13-32-12-16(21-5-3-18(26)11-22(21)27)10-24(32)25-29-28-15-33(23)25;/h3-6,9-12,15,20H,7-8,13-14H2,1-2H3;1H2/t20-;/m0./s1. The van der Waals surface area contributed by atoms with Crippen molar-refractivity contribution in [2.75, 3.05) is 32.1 Å². The number of hydrogen-bond acceptors (Lipinski definition) is 4. The van der Waals surface area contributed by atoms with Crippen molar-refractivity contribution in [1.82, 2.24) is 24.2 Å². The molecule has 0 amide bonds. The number of benzene rings is 2. The molecule has 0 spiro atoms. The van der Waals surface area contributed by atoms with Crippen molar-refractivity contribution >= 4 is 19.2 Å². The van der Waals surface area contributed by atoms with Gasteiger partial charge >= 0.3 is 0 Å². The first kappa shape index (κ1) is 22.6. The topological polar surface area (TPSA) is 42.1 Å². The molecule has 0 radical (unpaired) electrons. The fraction of sp³-hybridized carbons (Fsp3) is 0.280. The van der Waals surface area contributed by atoms with Gasteiger partial charge in [-0.1, -0.05) is 0 Å². The van der Waals surface area contributed by atoms with E-state index < -0.39 is 11.6 Å². The maximum Gasteiger partial charge on any atom is 0.185 e. The van der Waals surface area contributed by atoms with Crippen LogP contribution in [0.25, 0.3) is 28.3 Å². The van der Waals surface area contributed by atoms with E-state index in [1.54, 1.807) is 6.33 Å². The average Bonchev–Trinajstić information content (AvgIpc) is 3.52. The van der Waals surface area contributed by atoms with Crippen molar-refractivity contribution in [3.05, 3.63) is 72.2 Å². The molecule has 0 saturated carbocycles. The molecule has 0 aliphatic carbocycles. The van der Waals surface area contributed by atoms with E-state index >= 15 is 0 Å². The first-order valence-corrected chi connectivity index (χ1v) is 11.1. The minimum Gasteiger partial charge on any atom is -0.370 e. The molecule has 1 fully saturated rings. The number of likely N-dealkylation sites (N-methyl/N-ethyl adjacent to an activating group) is 1. The van der Waals surface area contributed by atoms with Crippen molar-refractivity contribution in [3.8, 4) is 28.3 Å². The van der Waals surface area contributed by atoms with Gasteiger partial charge in [0.1, 0.15) is 18.0 Å². The smallest absolute Gasteiger partial charge is 0.185 e. The first-order chi connectivity index (χ1) is 16.0. The molecule has 176 valence electrons. The predicted octanol–water partition coefficient (Wildman–Crippen LogP) is 4.30. The van der Waals surface area contributed by atoms with Crippen LogP contribution in [-0.4, -0.2) is 57.5 Å². The SMILES string of the molecule is CN(C)[C@H]1CCN(c2ccc3c(c2)Cn2cc(-c4ccc(F)cc4F)cc2-c2nncn2-3)C1.S. The maximum absolute atomic E-state index is 14.5. The molecule has 2 aromatic heterocycles. The zero-order valence-electron chi connectivity index (χ0n) is 19.0. The summed E-state index contributed by atoms with van der Waals surface area (Å²) in [6.07, 6.45) is 4.77. The van der Waals surface area contributed by atoms with Crippen molar-refractivity contribution < 1.29 is 8.78 Å². The van der Waals surface area contributed by atoms with Crippen LogP contribution >= 0.6 is 13.5 Å². The molecule has 1 saturated heterocycles. The molecule has 34 heavy (non-hydrogen) atoms. The van der Waals surface area contributed by atoms with E-state index in [2.05, 4.69) is 56.9 Å². The number of nitrogens with zero attached hydrogens (tertiary/aromatic N) is 6. The molecule has 9 heteroatoms. The Bertz CT molecular complexity index is 1360. The van der Waals surface area contributed by atoms with Crippen LogP contribution in [0.5, 0.6) is 0 Å². The highest BCUT2D eigenvalue weighted by atomic mass is 32.1. The van der Waals surface area contributed by atoms with E-state index in [0.29, 0.717) is 29.5 Å². The van der Waals surface area contributed by atoms with E-state index in [9.17, 15) is 8.78 Å². The third kappa shape index (κ3) is 3.69. The number of halogens is 2. The third-order valence-electron chi connectivity index (χ3n) is 6.84. The third-order valence-corrected chi connectivity index (χ3v) is 6.84. The highest BCUT2D eigenvalue weighted by Gasteiger charge is 2.27. The molecule has 6 rings (SSSR count). The average molecular weight is 481 g/mol. The molecule has 0 bridgehead atoms. The van der Waals surface area contributed by atoms with Gasteiger partial charge in [-0.05, 0) is 62.5 Å². The van der Waals surface area contributed by atoms with E-state index in [0.717, 1.165) is 42.5 Å². The van der Waals surface area contributed by atoms with Gasteiger partial charge in [0, 0.05) is 54.8 Å². The van der Waals surface area contributed by atoms with Gasteiger partial charge in [-0.2, -0.15) is 13.5 Å². The van der Waals surface area contributed by atoms with Gasteiger partial charge in [-0.3, -0.25) is 4.57 Å². The lowest BCUT2D eigenvalue weighted by molar-refractivity contribution is 0.315. The lowest BCUT2D eigenvalue weighted by Gasteiger charge is -2.23. The summed E-state index contributed by atoms with van der Waals surface area (Å²) in [6.45, 7) is 2.66. The summed E-state index contributed by atoms with van der Waals surface area (Å²) in [5.41, 5.74) is 5.28. The molecule has 2 aliphatic rings. The normalized spacial score (nSPS) is 16.6. The number of anilines is 1. The van der Waals surface area contributed by atoms with Crippen LogP contribution in [0, 0.1) is 11.6 Å². The van der Waals surface area contributed by atoms with E-state index in [4.69, 9.17) is 0 Å². The second kappa shape index (κ2) is 8.56. The minimum absolute atomic E-state index is 0. The second-order valence-electron chi connectivity index (χ2n) is 9.06. The summed E-state index contributed by atoms with van der Waals surface area (Å²) in [6, 6.07) is 12.7. The van der Waals surface area contributed by atoms with Crippen LogP contribution in [0.15, 0.2) is 55.0 Å². The summed E-state index contributed by atoms with van der Waals surface area (Å²) in [5, 5.41) is 8.50. The van der Waals surface area contributed by atoms with E-state index in [1.807, 2.05) is 16.8 Å². The largest absolute Gasteiger partial charge is 0.370 e. The number of hydrogen-bond donors (Lipinski definition) is 0. The lowest BCUT2D eigenvalue weighted by Crippen LogP contribution is -2.31. The van der Waals surface area contributed by atoms with Crippen LogP contribution in [0.2, 0.25) is 0 Å². The predicted molar refractivity (Wildman–Crippen MR) is 134 cm³/mol. The Hall–Kier alpha value is -3.17. The van der Waals surface area contributed by atoms with Crippen LogP contribution < -0.4 is 4.90 Å². The van der Waals surface area contributed by atoms with E-state index in [-0.39, 0.29) is 13.5 Å². The Balaban J connectivity index is 0.00000241. The number of fused-ring (bicyclic) bond motifs is 5. The second-order valence-corrected chi connectivity index (χ2v) is 9.06. The summed E-state index contributed by atoms with van der Waals surface area (Å²) >= 11 is 0. The minimum atomic E-state index is -0.586. The molecule has 4 aromatic rings. The molecule has 2 aromatic carbocycles. The van der Waals surface area contributed by atoms with E-state index in [1.165, 1.54) is 17.8 Å². The highest BCUT2D eigenvalue weighted by Crippen LogP contribution is 2.36. The zero-order chi connectivity index (χ0) is 22.7. The Morgan fingerprint density at radius 2 is 1.91 bits per heavy atom. The Morgan fingerprint density at radius 3 is 2.68 bits per heavy atom. The van der Waals surface area contributed by atoms with Gasteiger partial charge < -0.3 is 14.4 Å². The first-order valence-electron chi connectivity index (χ1n) is 11.1. The zero-order valence-corrected chi connectivity index (χ0v) is 20.0. The van der Waals surface area contributed by atoms with Crippen molar-refractivity contribution in [2.24, 2.45) is 0 Å². The fourth-order valence-corrected chi connectivity index (χ4v) is 5.00. The van der Waals surface area contributed by atoms with Gasteiger partial charge in [0.05, 0.1) is 11.4 Å². The van der Waals surface area contributed by atoms with Crippen LogP contribution in [0.4, 0.5) is 14.5 Å². The summed E-state index contributed by atoms with van der Waals surface area (Å²) in [5.74, 6) is -0.467. The van der Waals surface area contributed by atoms with Gasteiger partial charge in [-0.25, -0.2) is 8.78 Å². The van der Waals surface area contributed by atoms with Crippen molar-refractivity contribution in [2.45, 2.75) is 19.0 Å². The van der Waals surface area contributed by atoms with Crippen LogP contribution in [-0.2, 0) is 6.54 Å². The van der Waals surface area contributed by atoms with Crippen LogP contribution in [0.1, 0.15) is 12.0 Å². The number of aromatic nitrogens is 4. The molecule has 4 heterocycles. The molecule has 2 aliphatic heterocycles. The van der Waals surface area contributed by atoms with Crippen LogP contribution in [0.3, 0.4) is 0 Å². The molecule has 0 unspecified atom stereocenters. The Kier molecular flexibility index (Phi) is 5.69. The van der Waals surface area contributed by atoms with Gasteiger partial charge in [0.25, 0.3) is 0 Å². The van der Waals surface area contributed by atoms with Gasteiger partial charge in [-0.15, -0.1) is 10.2 Å². The molecular formula is C25H26F2N6S. The van der Waals surface area contributed by atoms with Crippen molar-refractivity contribution in [1.29, 1.82) is 0 Å². The molecule has 1 atom stereocenters. The summed E-state index contributed by atoms with van der Waals surface area (Å²) in [7, 11) is 4.27. The van der Waals surface area contributed by atoms with Crippen molar-refractivity contribution in [3.63, 3.8) is 0 Å². The van der Waals surface area contributed by atoms with Gasteiger partial charge in [0.15, 0.2) is 5.82 Å². The fourth-order valence-electron chi connectivity index (χ4n) is 5.00. The summed E-state index contributed by atoms with van der Waals surface area (Å²) < 4.78 is 32.0. The monoisotopic (exact) mass is 480 g/mol. The van der Waals surface area contributed by atoms with Gasteiger partial charge in [0.2, 0.25) is 0 Å². The lowest BCUT2D eigenvalue weighted by atomic mass is 10.1. The molecular weight excluding hydrogens is 454 g/mol. The highest BCUT2D eigenvalue weighted by molar-refractivity contribution is 7.59. The molecule has 6 nitrogen and oxygen atoms in total. The molecule has 0 N–H and O–H groups in total. The quantitative estimate of drug-likeness (QED) is 0.386. The maximum atomic E-state index is 14.5. The summed E-state index contributed by atoms with van der Waals surface area (Å²) in [4.78, 5) is 4.72. The number of rotatable bonds is 3.